The predicted molar refractivity (Wildman–Crippen MR) is 84.4 cm³/mol. The SMILES string of the molecule is Cc1cc(Cl)cc(C(O)C(CN)c2ccc(F)cc2Cl)c1. The van der Waals surface area contributed by atoms with E-state index in [2.05, 4.69) is 0 Å². The van der Waals surface area contributed by atoms with Crippen molar-refractivity contribution in [1.29, 1.82) is 0 Å². The number of aliphatic hydroxyl groups excluding tert-OH is 1. The summed E-state index contributed by atoms with van der Waals surface area (Å²) in [6.45, 7) is 2.07. The lowest BCUT2D eigenvalue weighted by Gasteiger charge is -2.23. The van der Waals surface area contributed by atoms with Crippen LogP contribution in [-0.4, -0.2) is 11.7 Å². The number of hydrogen-bond acceptors (Lipinski definition) is 2. The molecule has 2 unspecified atom stereocenters. The molecule has 0 fully saturated rings. The van der Waals surface area contributed by atoms with Crippen molar-refractivity contribution in [2.24, 2.45) is 5.73 Å². The average molecular weight is 328 g/mol. The molecule has 0 aliphatic heterocycles. The number of benzene rings is 2. The van der Waals surface area contributed by atoms with Crippen LogP contribution in [0.25, 0.3) is 0 Å². The molecule has 2 nitrogen and oxygen atoms in total. The first-order chi connectivity index (χ1) is 9.92. The first-order valence-electron chi connectivity index (χ1n) is 6.52. The molecule has 2 atom stereocenters. The standard InChI is InChI=1S/C16H16Cl2FNO/c1-9-4-10(6-11(17)5-9)16(21)14(8-20)13-3-2-12(19)7-15(13)18/h2-7,14,16,21H,8,20H2,1H3. The van der Waals surface area contributed by atoms with Gasteiger partial charge >= 0.3 is 0 Å². The highest BCUT2D eigenvalue weighted by Gasteiger charge is 2.24. The molecule has 2 aromatic rings. The average Bonchev–Trinajstić information content (AvgIpc) is 2.40. The molecule has 0 heterocycles. The van der Waals surface area contributed by atoms with E-state index in [-0.39, 0.29) is 11.6 Å². The van der Waals surface area contributed by atoms with Crippen LogP contribution in [0.1, 0.15) is 28.7 Å². The number of hydrogen-bond donors (Lipinski definition) is 2. The van der Waals surface area contributed by atoms with Crippen LogP contribution in [0, 0.1) is 12.7 Å². The minimum absolute atomic E-state index is 0.179. The molecule has 112 valence electrons. The van der Waals surface area contributed by atoms with Crippen LogP contribution in [0.5, 0.6) is 0 Å². The van der Waals surface area contributed by atoms with E-state index in [0.29, 0.717) is 16.1 Å². The molecular weight excluding hydrogens is 312 g/mol. The number of aryl methyl sites for hydroxylation is 1. The van der Waals surface area contributed by atoms with Gasteiger partial charge in [-0.2, -0.15) is 0 Å². The van der Waals surface area contributed by atoms with E-state index in [4.69, 9.17) is 28.9 Å². The summed E-state index contributed by atoms with van der Waals surface area (Å²) in [6.07, 6.45) is -0.865. The Bertz CT molecular complexity index is 628. The Morgan fingerprint density at radius 3 is 2.48 bits per heavy atom. The van der Waals surface area contributed by atoms with Gasteiger partial charge in [-0.25, -0.2) is 4.39 Å². The van der Waals surface area contributed by atoms with Gasteiger partial charge in [0, 0.05) is 22.5 Å². The maximum atomic E-state index is 13.1. The van der Waals surface area contributed by atoms with Gasteiger partial charge in [-0.1, -0.05) is 35.3 Å². The second-order valence-corrected chi connectivity index (χ2v) is 5.86. The van der Waals surface area contributed by atoms with E-state index in [9.17, 15) is 9.50 Å². The first kappa shape index (κ1) is 16.2. The van der Waals surface area contributed by atoms with E-state index >= 15 is 0 Å². The van der Waals surface area contributed by atoms with Crippen molar-refractivity contribution in [1.82, 2.24) is 0 Å². The Hall–Kier alpha value is -1.13. The lowest BCUT2D eigenvalue weighted by Crippen LogP contribution is -2.20. The van der Waals surface area contributed by atoms with Crippen LogP contribution >= 0.6 is 23.2 Å². The molecule has 2 rings (SSSR count). The van der Waals surface area contributed by atoms with Gasteiger partial charge < -0.3 is 10.8 Å². The molecule has 0 aliphatic rings. The van der Waals surface area contributed by atoms with E-state index < -0.39 is 17.8 Å². The number of rotatable bonds is 4. The van der Waals surface area contributed by atoms with Gasteiger partial charge in [-0.3, -0.25) is 0 Å². The van der Waals surface area contributed by atoms with Crippen molar-refractivity contribution in [2.75, 3.05) is 6.54 Å². The first-order valence-corrected chi connectivity index (χ1v) is 7.28. The Kier molecular flexibility index (Phi) is 5.22. The fourth-order valence-corrected chi connectivity index (χ4v) is 3.00. The summed E-state index contributed by atoms with van der Waals surface area (Å²) >= 11 is 12.1. The maximum Gasteiger partial charge on any atom is 0.124 e. The van der Waals surface area contributed by atoms with Crippen molar-refractivity contribution in [3.63, 3.8) is 0 Å². The van der Waals surface area contributed by atoms with Gasteiger partial charge in [0.25, 0.3) is 0 Å². The molecule has 21 heavy (non-hydrogen) atoms. The Morgan fingerprint density at radius 2 is 1.90 bits per heavy atom. The summed E-state index contributed by atoms with van der Waals surface area (Å²) in [7, 11) is 0. The van der Waals surface area contributed by atoms with Gasteiger partial charge in [0.15, 0.2) is 0 Å². The molecular formula is C16H16Cl2FNO. The third-order valence-electron chi connectivity index (χ3n) is 3.40. The van der Waals surface area contributed by atoms with E-state index in [0.717, 1.165) is 5.56 Å². The minimum Gasteiger partial charge on any atom is -0.388 e. The van der Waals surface area contributed by atoms with E-state index in [1.165, 1.54) is 12.1 Å². The lowest BCUT2D eigenvalue weighted by molar-refractivity contribution is 0.147. The van der Waals surface area contributed by atoms with Crippen molar-refractivity contribution in [2.45, 2.75) is 18.9 Å². The van der Waals surface area contributed by atoms with Gasteiger partial charge in [-0.05, 0) is 47.9 Å². The number of halogens is 3. The van der Waals surface area contributed by atoms with Crippen LogP contribution in [-0.2, 0) is 0 Å². The second-order valence-electron chi connectivity index (χ2n) is 5.01. The third-order valence-corrected chi connectivity index (χ3v) is 3.95. The highest BCUT2D eigenvalue weighted by atomic mass is 35.5. The van der Waals surface area contributed by atoms with E-state index in [1.807, 2.05) is 13.0 Å². The quantitative estimate of drug-likeness (QED) is 0.883. The zero-order valence-electron chi connectivity index (χ0n) is 11.5. The van der Waals surface area contributed by atoms with Gasteiger partial charge in [-0.15, -0.1) is 0 Å². The zero-order chi connectivity index (χ0) is 15.6. The normalized spacial score (nSPS) is 14.0. The van der Waals surface area contributed by atoms with Gasteiger partial charge in [0.2, 0.25) is 0 Å². The zero-order valence-corrected chi connectivity index (χ0v) is 13.0. The molecule has 2 aromatic carbocycles. The van der Waals surface area contributed by atoms with Crippen LogP contribution in [0.2, 0.25) is 10.0 Å². The summed E-state index contributed by atoms with van der Waals surface area (Å²) in [6, 6.07) is 9.42. The summed E-state index contributed by atoms with van der Waals surface area (Å²) in [5.74, 6) is -0.858. The largest absolute Gasteiger partial charge is 0.388 e. The van der Waals surface area contributed by atoms with Crippen molar-refractivity contribution < 1.29 is 9.50 Å². The molecule has 0 amide bonds. The van der Waals surface area contributed by atoms with Crippen LogP contribution in [0.15, 0.2) is 36.4 Å². The Morgan fingerprint density at radius 1 is 1.19 bits per heavy atom. The maximum absolute atomic E-state index is 13.1. The molecule has 0 aliphatic carbocycles. The molecule has 3 N–H and O–H groups in total. The minimum atomic E-state index is -0.865. The van der Waals surface area contributed by atoms with Crippen LogP contribution in [0.4, 0.5) is 4.39 Å². The van der Waals surface area contributed by atoms with Crippen LogP contribution < -0.4 is 5.73 Å². The highest BCUT2D eigenvalue weighted by molar-refractivity contribution is 6.31. The molecule has 0 radical (unpaired) electrons. The molecule has 0 bridgehead atoms. The fraction of sp³-hybridized carbons (Fsp3) is 0.250. The smallest absolute Gasteiger partial charge is 0.124 e. The summed E-state index contributed by atoms with van der Waals surface area (Å²) < 4.78 is 13.1. The predicted octanol–water partition coefficient (Wildman–Crippen LogP) is 4.22. The highest BCUT2D eigenvalue weighted by Crippen LogP contribution is 2.35. The summed E-state index contributed by atoms with van der Waals surface area (Å²) in [5, 5.41) is 11.4. The van der Waals surface area contributed by atoms with E-state index in [1.54, 1.807) is 18.2 Å². The molecule has 0 saturated carbocycles. The van der Waals surface area contributed by atoms with Gasteiger partial charge in [0.1, 0.15) is 5.82 Å². The monoisotopic (exact) mass is 327 g/mol. The number of aliphatic hydroxyl groups is 1. The molecule has 0 spiro atoms. The van der Waals surface area contributed by atoms with Crippen molar-refractivity contribution in [3.05, 3.63) is 69.0 Å². The summed E-state index contributed by atoms with van der Waals surface area (Å²) in [5.41, 5.74) is 8.00. The topological polar surface area (TPSA) is 46.2 Å². The lowest BCUT2D eigenvalue weighted by atomic mass is 9.88. The molecule has 0 saturated heterocycles. The molecule has 0 aromatic heterocycles. The summed E-state index contributed by atoms with van der Waals surface area (Å²) in [4.78, 5) is 0. The van der Waals surface area contributed by atoms with Crippen LogP contribution in [0.3, 0.4) is 0 Å². The fourth-order valence-electron chi connectivity index (χ4n) is 2.40. The number of nitrogens with two attached hydrogens (primary N) is 1. The van der Waals surface area contributed by atoms with Gasteiger partial charge in [0.05, 0.1) is 6.10 Å². The molecule has 5 heteroatoms. The Labute approximate surface area is 133 Å². The Balaban J connectivity index is 2.40. The van der Waals surface area contributed by atoms with Crippen molar-refractivity contribution in [3.8, 4) is 0 Å². The second kappa shape index (κ2) is 6.75. The van der Waals surface area contributed by atoms with Crippen molar-refractivity contribution >= 4 is 23.2 Å². The third kappa shape index (κ3) is 3.74.